The number of nitrogen functional groups attached to an aromatic ring is 1. The second kappa shape index (κ2) is 5.05. The minimum absolute atomic E-state index is 0.171. The van der Waals surface area contributed by atoms with E-state index in [-0.39, 0.29) is 6.04 Å². The number of aromatic nitrogens is 1. The first kappa shape index (κ1) is 12.8. The van der Waals surface area contributed by atoms with E-state index in [9.17, 15) is 5.26 Å². The Hall–Kier alpha value is -2.21. The molecule has 0 fully saturated rings. The van der Waals surface area contributed by atoms with Crippen LogP contribution in [-0.4, -0.2) is 4.57 Å². The van der Waals surface area contributed by atoms with Gasteiger partial charge in [0, 0.05) is 5.69 Å². The van der Waals surface area contributed by atoms with Crippen molar-refractivity contribution in [3.05, 3.63) is 52.7 Å². The van der Waals surface area contributed by atoms with E-state index in [1.165, 1.54) is 23.2 Å². The summed E-state index contributed by atoms with van der Waals surface area (Å²) >= 11 is 0. The van der Waals surface area contributed by atoms with Gasteiger partial charge in [0.2, 0.25) is 0 Å². The van der Waals surface area contributed by atoms with Gasteiger partial charge in [0.1, 0.15) is 11.9 Å². The molecule has 0 unspecified atom stereocenters. The lowest BCUT2D eigenvalue weighted by Crippen LogP contribution is -2.15. The Morgan fingerprint density at radius 3 is 2.60 bits per heavy atom. The summed E-state index contributed by atoms with van der Waals surface area (Å²) in [5, 5.41) is 9.40. The molecule has 3 rings (SSSR count). The molecule has 0 bridgehead atoms. The summed E-state index contributed by atoms with van der Waals surface area (Å²) in [5.74, 6) is 0.635. The average molecular weight is 265 g/mol. The number of nitrogens with zero attached hydrogens (tertiary/aromatic N) is 2. The maximum atomic E-state index is 9.40. The smallest absolute Gasteiger partial charge is 0.122 e. The van der Waals surface area contributed by atoms with E-state index in [4.69, 9.17) is 5.73 Å². The molecule has 0 amide bonds. The first-order chi connectivity index (χ1) is 9.74. The highest BCUT2D eigenvalue weighted by atomic mass is 15.1. The molecular weight excluding hydrogens is 246 g/mol. The fourth-order valence-electron chi connectivity index (χ4n) is 3.29. The highest BCUT2D eigenvalue weighted by molar-refractivity contribution is 5.60. The van der Waals surface area contributed by atoms with Gasteiger partial charge in [-0.2, -0.15) is 5.26 Å². The van der Waals surface area contributed by atoms with Gasteiger partial charge in [0.15, 0.2) is 0 Å². The molecule has 102 valence electrons. The van der Waals surface area contributed by atoms with E-state index < -0.39 is 0 Å². The van der Waals surface area contributed by atoms with Crippen molar-refractivity contribution in [2.24, 2.45) is 0 Å². The number of hydrogen-bond donors (Lipinski definition) is 1. The molecule has 1 heterocycles. The summed E-state index contributed by atoms with van der Waals surface area (Å²) in [6.45, 7) is 2.15. The fourth-order valence-corrected chi connectivity index (χ4v) is 3.29. The molecule has 0 spiro atoms. The highest BCUT2D eigenvalue weighted by Gasteiger charge is 2.26. The lowest BCUT2D eigenvalue weighted by atomic mass is 9.95. The zero-order valence-electron chi connectivity index (χ0n) is 11.8. The summed E-state index contributed by atoms with van der Waals surface area (Å²) in [7, 11) is 0. The molecule has 1 aliphatic rings. The standard InChI is InChI=1S/C17H19N3/c1-12(13-7-3-2-4-8-13)20-16-10-6-5-9-14(16)15(11-18)17(20)19/h2-4,7-8,12H,5-6,9-10,19H2,1H3/t12-/m1/s1. The van der Waals surface area contributed by atoms with Crippen LogP contribution in [0.15, 0.2) is 30.3 Å². The maximum absolute atomic E-state index is 9.40. The van der Waals surface area contributed by atoms with Crippen LogP contribution >= 0.6 is 0 Å². The van der Waals surface area contributed by atoms with E-state index in [1.807, 2.05) is 18.2 Å². The number of anilines is 1. The molecule has 1 aliphatic carbocycles. The molecule has 3 nitrogen and oxygen atoms in total. The van der Waals surface area contributed by atoms with Gasteiger partial charge in [-0.25, -0.2) is 0 Å². The van der Waals surface area contributed by atoms with Crippen molar-refractivity contribution in [1.82, 2.24) is 4.57 Å². The topological polar surface area (TPSA) is 54.7 Å². The van der Waals surface area contributed by atoms with Crippen molar-refractivity contribution in [3.63, 3.8) is 0 Å². The SMILES string of the molecule is C[C@H](c1ccccc1)n1c(N)c(C#N)c2c1CCCC2. The number of hydrogen-bond acceptors (Lipinski definition) is 2. The number of fused-ring (bicyclic) bond motifs is 1. The molecule has 1 aromatic carbocycles. The number of benzene rings is 1. The maximum Gasteiger partial charge on any atom is 0.122 e. The Morgan fingerprint density at radius 2 is 1.90 bits per heavy atom. The molecule has 0 radical (unpaired) electrons. The van der Waals surface area contributed by atoms with Crippen LogP contribution in [-0.2, 0) is 12.8 Å². The highest BCUT2D eigenvalue weighted by Crippen LogP contribution is 2.35. The Labute approximate surface area is 119 Å². The molecule has 3 heteroatoms. The number of nitriles is 1. The van der Waals surface area contributed by atoms with E-state index in [0.717, 1.165) is 19.3 Å². The van der Waals surface area contributed by atoms with E-state index in [1.54, 1.807) is 0 Å². The largest absolute Gasteiger partial charge is 0.384 e. The van der Waals surface area contributed by atoms with Gasteiger partial charge in [-0.1, -0.05) is 30.3 Å². The predicted molar refractivity (Wildman–Crippen MR) is 80.5 cm³/mol. The number of nitrogens with two attached hydrogens (primary N) is 1. The van der Waals surface area contributed by atoms with E-state index >= 15 is 0 Å². The van der Waals surface area contributed by atoms with E-state index in [2.05, 4.69) is 29.7 Å². The van der Waals surface area contributed by atoms with Crippen molar-refractivity contribution in [1.29, 1.82) is 5.26 Å². The molecule has 0 aliphatic heterocycles. The van der Waals surface area contributed by atoms with E-state index in [0.29, 0.717) is 11.4 Å². The van der Waals surface area contributed by atoms with Crippen LogP contribution in [0.1, 0.15) is 48.2 Å². The summed E-state index contributed by atoms with van der Waals surface area (Å²) < 4.78 is 2.17. The Balaban J connectivity index is 2.15. The van der Waals surface area contributed by atoms with Gasteiger partial charge in [0.25, 0.3) is 0 Å². The molecule has 0 saturated carbocycles. The van der Waals surface area contributed by atoms with Crippen molar-refractivity contribution >= 4 is 5.82 Å². The van der Waals surface area contributed by atoms with Gasteiger partial charge < -0.3 is 10.3 Å². The van der Waals surface area contributed by atoms with Gasteiger partial charge >= 0.3 is 0 Å². The Morgan fingerprint density at radius 1 is 1.20 bits per heavy atom. The van der Waals surface area contributed by atoms with Crippen molar-refractivity contribution in [3.8, 4) is 6.07 Å². The second-order valence-corrected chi connectivity index (χ2v) is 5.46. The van der Waals surface area contributed by atoms with Crippen molar-refractivity contribution in [2.75, 3.05) is 5.73 Å². The normalized spacial score (nSPS) is 15.4. The third-order valence-electron chi connectivity index (χ3n) is 4.33. The summed E-state index contributed by atoms with van der Waals surface area (Å²) in [6.07, 6.45) is 4.35. The van der Waals surface area contributed by atoms with Gasteiger partial charge in [-0.05, 0) is 43.7 Å². The van der Waals surface area contributed by atoms with Gasteiger partial charge in [0.05, 0.1) is 11.6 Å². The molecule has 20 heavy (non-hydrogen) atoms. The third kappa shape index (κ3) is 1.89. The zero-order valence-corrected chi connectivity index (χ0v) is 11.8. The van der Waals surface area contributed by atoms with Crippen molar-refractivity contribution < 1.29 is 0 Å². The summed E-state index contributed by atoms with van der Waals surface area (Å²) in [4.78, 5) is 0. The molecule has 2 N–H and O–H groups in total. The van der Waals surface area contributed by atoms with Crippen LogP contribution in [0.25, 0.3) is 0 Å². The second-order valence-electron chi connectivity index (χ2n) is 5.46. The first-order valence-electron chi connectivity index (χ1n) is 7.20. The predicted octanol–water partition coefficient (Wildman–Crippen LogP) is 3.43. The van der Waals surface area contributed by atoms with Crippen molar-refractivity contribution in [2.45, 2.75) is 38.6 Å². The van der Waals surface area contributed by atoms with Crippen LogP contribution in [0.2, 0.25) is 0 Å². The molecule has 2 aromatic rings. The molecule has 1 atom stereocenters. The Bertz CT molecular complexity index is 662. The van der Waals surface area contributed by atoms with Crippen LogP contribution in [0.5, 0.6) is 0 Å². The lowest BCUT2D eigenvalue weighted by molar-refractivity contribution is 0.577. The Kier molecular flexibility index (Phi) is 3.23. The lowest BCUT2D eigenvalue weighted by Gasteiger charge is -2.22. The van der Waals surface area contributed by atoms with Crippen LogP contribution < -0.4 is 5.73 Å². The average Bonchev–Trinajstić information content (AvgIpc) is 2.79. The fraction of sp³-hybridized carbons (Fsp3) is 0.353. The monoisotopic (exact) mass is 265 g/mol. The minimum Gasteiger partial charge on any atom is -0.384 e. The van der Waals surface area contributed by atoms with Crippen LogP contribution in [0, 0.1) is 11.3 Å². The first-order valence-corrected chi connectivity index (χ1v) is 7.20. The van der Waals surface area contributed by atoms with Crippen LogP contribution in [0.3, 0.4) is 0 Å². The van der Waals surface area contributed by atoms with Gasteiger partial charge in [-0.15, -0.1) is 0 Å². The summed E-state index contributed by atoms with van der Waals surface area (Å²) in [6, 6.07) is 12.8. The third-order valence-corrected chi connectivity index (χ3v) is 4.33. The molecule has 0 saturated heterocycles. The minimum atomic E-state index is 0.171. The molecule has 1 aromatic heterocycles. The molecular formula is C17H19N3. The van der Waals surface area contributed by atoms with Gasteiger partial charge in [-0.3, -0.25) is 0 Å². The summed E-state index contributed by atoms with van der Waals surface area (Å²) in [5.41, 5.74) is 10.6. The number of rotatable bonds is 2. The quantitative estimate of drug-likeness (QED) is 0.904. The zero-order chi connectivity index (χ0) is 14.1. The van der Waals surface area contributed by atoms with Crippen LogP contribution in [0.4, 0.5) is 5.82 Å².